The summed E-state index contributed by atoms with van der Waals surface area (Å²) in [5.41, 5.74) is 19.5. The Labute approximate surface area is 97.7 Å². The molecule has 0 aliphatic carbocycles. The maximum atomic E-state index is 9.22. The first-order valence-corrected chi connectivity index (χ1v) is 5.30. The number of carbonyl (C=O) groups excluding carboxylic acids is 2. The summed E-state index contributed by atoms with van der Waals surface area (Å²) >= 11 is 0. The lowest BCUT2D eigenvalue weighted by Crippen LogP contribution is -2.01. The lowest BCUT2D eigenvalue weighted by atomic mass is 10.2. The van der Waals surface area contributed by atoms with E-state index in [0.717, 1.165) is 25.9 Å². The van der Waals surface area contributed by atoms with Gasteiger partial charge < -0.3 is 22.9 Å². The van der Waals surface area contributed by atoms with E-state index in [1.165, 1.54) is 26.7 Å². The second-order valence-corrected chi connectivity index (χ2v) is 3.21. The molecular weight excluding hydrogens is 208 g/mol. The highest BCUT2D eigenvalue weighted by molar-refractivity contribution is 5.70. The standard InChI is InChI=1S/C6H16N2.2C2H5NO/c7-5-3-1-2-4-6-8;2*1-2(3)4/h1-8H2;2*1H3,(H2,3,4). The highest BCUT2D eigenvalue weighted by Crippen LogP contribution is 1.95. The van der Waals surface area contributed by atoms with E-state index < -0.39 is 0 Å². The van der Waals surface area contributed by atoms with Crippen LogP contribution in [0, 0.1) is 0 Å². The second kappa shape index (κ2) is 19.4. The monoisotopic (exact) mass is 234 g/mol. The maximum absolute atomic E-state index is 9.22. The normalized spacial score (nSPS) is 8.00. The third kappa shape index (κ3) is 121. The zero-order valence-electron chi connectivity index (χ0n) is 10.4. The SMILES string of the molecule is CC(N)=O.CC(N)=O.NCCCCCCN. The van der Waals surface area contributed by atoms with Gasteiger partial charge in [-0.15, -0.1) is 0 Å². The van der Waals surface area contributed by atoms with Crippen molar-refractivity contribution in [2.75, 3.05) is 13.1 Å². The van der Waals surface area contributed by atoms with Crippen LogP contribution in [0.25, 0.3) is 0 Å². The van der Waals surface area contributed by atoms with Crippen molar-refractivity contribution in [1.82, 2.24) is 0 Å². The van der Waals surface area contributed by atoms with Gasteiger partial charge in [0.2, 0.25) is 11.8 Å². The van der Waals surface area contributed by atoms with Crippen molar-refractivity contribution >= 4 is 11.8 Å². The minimum atomic E-state index is -0.333. The van der Waals surface area contributed by atoms with Crippen LogP contribution in [0.1, 0.15) is 39.5 Å². The summed E-state index contributed by atoms with van der Waals surface area (Å²) in [4.78, 5) is 18.4. The van der Waals surface area contributed by atoms with E-state index in [2.05, 4.69) is 11.5 Å². The average Bonchev–Trinajstić information content (AvgIpc) is 2.11. The molecule has 0 spiro atoms. The number of unbranched alkanes of at least 4 members (excludes halogenated alkanes) is 3. The molecule has 6 nitrogen and oxygen atoms in total. The maximum Gasteiger partial charge on any atom is 0.214 e. The summed E-state index contributed by atoms with van der Waals surface area (Å²) in [6, 6.07) is 0. The van der Waals surface area contributed by atoms with Gasteiger partial charge in [0.25, 0.3) is 0 Å². The van der Waals surface area contributed by atoms with Gasteiger partial charge in [0, 0.05) is 13.8 Å². The number of hydrogen-bond acceptors (Lipinski definition) is 4. The summed E-state index contributed by atoms with van der Waals surface area (Å²) in [5.74, 6) is -0.667. The van der Waals surface area contributed by atoms with Crippen molar-refractivity contribution in [3.63, 3.8) is 0 Å². The van der Waals surface area contributed by atoms with Crippen molar-refractivity contribution in [1.29, 1.82) is 0 Å². The molecule has 0 atom stereocenters. The van der Waals surface area contributed by atoms with E-state index >= 15 is 0 Å². The van der Waals surface area contributed by atoms with Gasteiger partial charge in [-0.3, -0.25) is 9.59 Å². The summed E-state index contributed by atoms with van der Waals surface area (Å²) in [6.07, 6.45) is 4.79. The Hall–Kier alpha value is -1.14. The molecule has 0 aromatic rings. The molecule has 0 aromatic heterocycles. The molecule has 0 unspecified atom stereocenters. The van der Waals surface area contributed by atoms with Crippen LogP contribution in [0.3, 0.4) is 0 Å². The topological polar surface area (TPSA) is 138 Å². The van der Waals surface area contributed by atoms with Crippen LogP contribution < -0.4 is 22.9 Å². The Bertz CT molecular complexity index is 137. The van der Waals surface area contributed by atoms with Crippen LogP contribution in [0.2, 0.25) is 0 Å². The van der Waals surface area contributed by atoms with Gasteiger partial charge in [-0.05, 0) is 25.9 Å². The summed E-state index contributed by atoms with van der Waals surface area (Å²) in [5, 5.41) is 0. The Morgan fingerprint density at radius 3 is 1.06 bits per heavy atom. The van der Waals surface area contributed by atoms with Gasteiger partial charge in [0.05, 0.1) is 0 Å². The first-order valence-electron chi connectivity index (χ1n) is 5.30. The van der Waals surface area contributed by atoms with E-state index in [-0.39, 0.29) is 11.8 Å². The zero-order chi connectivity index (χ0) is 13.4. The van der Waals surface area contributed by atoms with E-state index in [9.17, 15) is 9.59 Å². The van der Waals surface area contributed by atoms with Gasteiger partial charge in [-0.2, -0.15) is 0 Å². The fourth-order valence-corrected chi connectivity index (χ4v) is 0.642. The van der Waals surface area contributed by atoms with E-state index in [4.69, 9.17) is 11.5 Å². The molecule has 0 aromatic carbocycles. The number of nitrogens with two attached hydrogens (primary N) is 4. The molecule has 0 saturated carbocycles. The van der Waals surface area contributed by atoms with E-state index in [0.29, 0.717) is 0 Å². The molecule has 16 heavy (non-hydrogen) atoms. The molecule has 8 N–H and O–H groups in total. The molecule has 0 saturated heterocycles. The van der Waals surface area contributed by atoms with Crippen LogP contribution >= 0.6 is 0 Å². The average molecular weight is 234 g/mol. The minimum Gasteiger partial charge on any atom is -0.370 e. The summed E-state index contributed by atoms with van der Waals surface area (Å²) in [6.45, 7) is 4.26. The largest absolute Gasteiger partial charge is 0.370 e. The highest BCUT2D eigenvalue weighted by Gasteiger charge is 1.83. The van der Waals surface area contributed by atoms with Crippen LogP contribution in [-0.4, -0.2) is 24.9 Å². The lowest BCUT2D eigenvalue weighted by molar-refractivity contribution is -0.116. The Kier molecular flexibility index (Phi) is 24.7. The quantitative estimate of drug-likeness (QED) is 0.474. The summed E-state index contributed by atoms with van der Waals surface area (Å²) < 4.78 is 0. The van der Waals surface area contributed by atoms with E-state index in [1.807, 2.05) is 0 Å². The second-order valence-electron chi connectivity index (χ2n) is 3.21. The predicted molar refractivity (Wildman–Crippen MR) is 66.3 cm³/mol. The van der Waals surface area contributed by atoms with Gasteiger partial charge >= 0.3 is 0 Å². The van der Waals surface area contributed by atoms with Crippen LogP contribution in [-0.2, 0) is 9.59 Å². The third-order valence-electron chi connectivity index (χ3n) is 1.16. The predicted octanol–water partition coefficient (Wildman–Crippen LogP) is -0.553. The van der Waals surface area contributed by atoms with Crippen molar-refractivity contribution in [3.05, 3.63) is 0 Å². The molecule has 0 heterocycles. The first kappa shape index (κ1) is 20.3. The molecule has 0 aliphatic heterocycles. The van der Waals surface area contributed by atoms with Gasteiger partial charge in [-0.1, -0.05) is 12.8 Å². The lowest BCUT2D eigenvalue weighted by Gasteiger charge is -1.94. The summed E-state index contributed by atoms with van der Waals surface area (Å²) in [7, 11) is 0. The van der Waals surface area contributed by atoms with Crippen molar-refractivity contribution in [2.24, 2.45) is 22.9 Å². The smallest absolute Gasteiger partial charge is 0.214 e. The van der Waals surface area contributed by atoms with Crippen molar-refractivity contribution in [3.8, 4) is 0 Å². The number of carbonyl (C=O) groups is 2. The third-order valence-corrected chi connectivity index (χ3v) is 1.16. The molecule has 0 fully saturated rings. The fourth-order valence-electron chi connectivity index (χ4n) is 0.642. The van der Waals surface area contributed by atoms with Gasteiger partial charge in [-0.25, -0.2) is 0 Å². The Morgan fingerprint density at radius 2 is 0.938 bits per heavy atom. The van der Waals surface area contributed by atoms with Crippen LogP contribution in [0.5, 0.6) is 0 Å². The van der Waals surface area contributed by atoms with Crippen molar-refractivity contribution < 1.29 is 9.59 Å². The molecule has 0 bridgehead atoms. The number of primary amides is 2. The molecule has 0 rings (SSSR count). The van der Waals surface area contributed by atoms with Gasteiger partial charge in [0.15, 0.2) is 0 Å². The minimum absolute atomic E-state index is 0.333. The number of rotatable bonds is 5. The van der Waals surface area contributed by atoms with E-state index in [1.54, 1.807) is 0 Å². The number of amides is 2. The zero-order valence-corrected chi connectivity index (χ0v) is 10.4. The molecule has 0 aliphatic rings. The highest BCUT2D eigenvalue weighted by atomic mass is 16.1. The fraction of sp³-hybridized carbons (Fsp3) is 0.800. The Balaban J connectivity index is -0.000000179. The molecule has 98 valence electrons. The molecule has 2 amide bonds. The van der Waals surface area contributed by atoms with Crippen LogP contribution in [0.4, 0.5) is 0 Å². The molecule has 6 heteroatoms. The van der Waals surface area contributed by atoms with Crippen molar-refractivity contribution in [2.45, 2.75) is 39.5 Å². The first-order chi connectivity index (χ1) is 7.38. The van der Waals surface area contributed by atoms with Gasteiger partial charge in [0.1, 0.15) is 0 Å². The number of hydrogen-bond donors (Lipinski definition) is 4. The Morgan fingerprint density at radius 1 is 0.750 bits per heavy atom. The molecule has 0 radical (unpaired) electrons. The molecular formula is C10H26N4O2. The van der Waals surface area contributed by atoms with Crippen LogP contribution in [0.15, 0.2) is 0 Å².